The molecule has 0 N–H and O–H groups in total. The molecule has 1 aromatic carbocycles. The molecular weight excluding hydrogens is 510 g/mol. The van der Waals surface area contributed by atoms with Crippen molar-refractivity contribution in [3.8, 4) is 5.75 Å². The van der Waals surface area contributed by atoms with Gasteiger partial charge in [-0.2, -0.15) is 0 Å². The molecule has 0 unspecified atom stereocenters. The monoisotopic (exact) mass is 547 g/mol. The number of anilines is 1. The lowest BCUT2D eigenvalue weighted by molar-refractivity contribution is -0.129. The molecular formula is C30H37N5O5. The molecule has 0 saturated carbocycles. The molecule has 212 valence electrons. The van der Waals surface area contributed by atoms with E-state index in [4.69, 9.17) is 9.47 Å². The Labute approximate surface area is 234 Å². The Bertz CT molecular complexity index is 1420. The van der Waals surface area contributed by atoms with E-state index in [1.807, 2.05) is 64.2 Å². The van der Waals surface area contributed by atoms with Gasteiger partial charge in [-0.3, -0.25) is 19.6 Å². The maximum absolute atomic E-state index is 13.6. The van der Waals surface area contributed by atoms with Crippen molar-refractivity contribution < 1.29 is 23.9 Å². The number of rotatable bonds is 5. The first kappa shape index (κ1) is 27.5. The topological polar surface area (TPSA) is 97.2 Å². The fourth-order valence-electron chi connectivity index (χ4n) is 5.48. The highest BCUT2D eigenvalue weighted by molar-refractivity contribution is 6.09. The SMILES string of the molecule is COc1ccc(CN2C(=O)CCN(c3cnc(C)c4c3ccn4C3CCN(C(=O)OC(C)(C)C)CC3)C2=O)cc1. The molecule has 3 aromatic rings. The van der Waals surface area contributed by atoms with Crippen LogP contribution in [0.25, 0.3) is 10.9 Å². The number of imide groups is 1. The van der Waals surface area contributed by atoms with Crippen molar-refractivity contribution in [1.29, 1.82) is 0 Å². The van der Waals surface area contributed by atoms with E-state index < -0.39 is 5.60 Å². The van der Waals surface area contributed by atoms with Gasteiger partial charge in [-0.1, -0.05) is 12.1 Å². The number of amides is 4. The molecule has 2 aliphatic heterocycles. The number of carbonyl (C=O) groups is 3. The van der Waals surface area contributed by atoms with Crippen LogP contribution in [0.15, 0.2) is 42.7 Å². The number of urea groups is 1. The summed E-state index contributed by atoms with van der Waals surface area (Å²) >= 11 is 0. The van der Waals surface area contributed by atoms with Crippen LogP contribution in [0, 0.1) is 6.92 Å². The quantitative estimate of drug-likeness (QED) is 0.431. The number of nitrogens with zero attached hydrogens (tertiary/aromatic N) is 5. The van der Waals surface area contributed by atoms with Crippen LogP contribution in [0.5, 0.6) is 5.75 Å². The molecule has 4 amide bonds. The second-order valence-corrected chi connectivity index (χ2v) is 11.4. The zero-order valence-electron chi connectivity index (χ0n) is 23.8. The molecule has 0 aliphatic carbocycles. The number of methoxy groups -OCH3 is 1. The van der Waals surface area contributed by atoms with Crippen molar-refractivity contribution in [1.82, 2.24) is 19.4 Å². The average molecular weight is 548 g/mol. The number of carbonyl (C=O) groups excluding carboxylic acids is 3. The first-order valence-corrected chi connectivity index (χ1v) is 13.7. The van der Waals surface area contributed by atoms with Crippen molar-refractivity contribution >= 4 is 34.6 Å². The number of piperidine rings is 1. The normalized spacial score (nSPS) is 17.1. The van der Waals surface area contributed by atoms with Crippen molar-refractivity contribution in [3.05, 3.63) is 54.0 Å². The summed E-state index contributed by atoms with van der Waals surface area (Å²) < 4.78 is 13.0. The van der Waals surface area contributed by atoms with Crippen LogP contribution in [0.4, 0.5) is 15.3 Å². The van der Waals surface area contributed by atoms with E-state index >= 15 is 0 Å². The van der Waals surface area contributed by atoms with E-state index in [2.05, 4.69) is 9.55 Å². The second kappa shape index (κ2) is 10.8. The summed E-state index contributed by atoms with van der Waals surface area (Å²) in [5.74, 6) is 0.525. The molecule has 2 aliphatic rings. The summed E-state index contributed by atoms with van der Waals surface area (Å²) in [6, 6.07) is 9.22. The van der Waals surface area contributed by atoms with Crippen LogP contribution < -0.4 is 9.64 Å². The number of hydrogen-bond acceptors (Lipinski definition) is 6. The minimum absolute atomic E-state index is 0.192. The summed E-state index contributed by atoms with van der Waals surface area (Å²) in [5, 5.41) is 0.925. The first-order valence-electron chi connectivity index (χ1n) is 13.7. The van der Waals surface area contributed by atoms with Crippen LogP contribution in [-0.2, 0) is 16.1 Å². The van der Waals surface area contributed by atoms with E-state index in [9.17, 15) is 14.4 Å². The average Bonchev–Trinajstić information content (AvgIpc) is 3.38. The lowest BCUT2D eigenvalue weighted by atomic mass is 10.0. The minimum Gasteiger partial charge on any atom is -0.497 e. The van der Waals surface area contributed by atoms with Gasteiger partial charge in [0.25, 0.3) is 0 Å². The highest BCUT2D eigenvalue weighted by atomic mass is 16.6. The Hall–Kier alpha value is -4.08. The summed E-state index contributed by atoms with van der Waals surface area (Å²) in [4.78, 5) is 48.3. The van der Waals surface area contributed by atoms with Crippen LogP contribution in [0.2, 0.25) is 0 Å². The number of fused-ring (bicyclic) bond motifs is 1. The van der Waals surface area contributed by atoms with Gasteiger partial charge in [-0.05, 0) is 64.3 Å². The third-order valence-electron chi connectivity index (χ3n) is 7.53. The van der Waals surface area contributed by atoms with Crippen LogP contribution in [0.3, 0.4) is 0 Å². The first-order chi connectivity index (χ1) is 19.1. The molecule has 0 atom stereocenters. The maximum Gasteiger partial charge on any atom is 0.410 e. The van der Waals surface area contributed by atoms with E-state index in [0.717, 1.165) is 40.8 Å². The Morgan fingerprint density at radius 3 is 2.40 bits per heavy atom. The largest absolute Gasteiger partial charge is 0.497 e. The fourth-order valence-corrected chi connectivity index (χ4v) is 5.48. The van der Waals surface area contributed by atoms with E-state index in [0.29, 0.717) is 25.3 Å². The van der Waals surface area contributed by atoms with Crippen molar-refractivity contribution in [2.75, 3.05) is 31.6 Å². The van der Waals surface area contributed by atoms with E-state index in [-0.39, 0.29) is 37.0 Å². The number of aromatic nitrogens is 2. The summed E-state index contributed by atoms with van der Waals surface area (Å²) in [6.07, 6.45) is 5.32. The predicted molar refractivity (Wildman–Crippen MR) is 151 cm³/mol. The molecule has 2 fully saturated rings. The standard InChI is InChI=1S/C30H37N5O5/c1-20-27-24(12-16-33(27)22-10-14-32(15-11-22)29(38)40-30(2,3)4)25(18-31-20)34-17-13-26(36)35(28(34)37)19-21-6-8-23(39-5)9-7-21/h6-9,12,16,18,22H,10-11,13-15,17,19H2,1-5H3. The van der Waals surface area contributed by atoms with Gasteiger partial charge < -0.3 is 18.9 Å². The molecule has 0 bridgehead atoms. The van der Waals surface area contributed by atoms with Crippen LogP contribution >= 0.6 is 0 Å². The summed E-state index contributed by atoms with van der Waals surface area (Å²) in [5.41, 5.74) is 2.86. The molecule has 2 saturated heterocycles. The van der Waals surface area contributed by atoms with Gasteiger partial charge >= 0.3 is 12.1 Å². The molecule has 40 heavy (non-hydrogen) atoms. The van der Waals surface area contributed by atoms with Gasteiger partial charge in [0.15, 0.2) is 0 Å². The Morgan fingerprint density at radius 1 is 1.05 bits per heavy atom. The molecule has 0 spiro atoms. The third-order valence-corrected chi connectivity index (χ3v) is 7.53. The summed E-state index contributed by atoms with van der Waals surface area (Å²) in [7, 11) is 1.60. The molecule has 4 heterocycles. The minimum atomic E-state index is -0.523. The van der Waals surface area contributed by atoms with Gasteiger partial charge in [-0.25, -0.2) is 9.59 Å². The fraction of sp³-hybridized carbons (Fsp3) is 0.467. The third kappa shape index (κ3) is 5.48. The highest BCUT2D eigenvalue weighted by Crippen LogP contribution is 2.35. The molecule has 0 radical (unpaired) electrons. The van der Waals surface area contributed by atoms with Gasteiger partial charge in [0, 0.05) is 43.7 Å². The molecule has 10 heteroatoms. The number of ether oxygens (including phenoxy) is 2. The van der Waals surface area contributed by atoms with Crippen molar-refractivity contribution in [2.45, 2.75) is 65.1 Å². The number of aryl methyl sites for hydroxylation is 1. The van der Waals surface area contributed by atoms with Gasteiger partial charge in [0.2, 0.25) is 5.91 Å². The van der Waals surface area contributed by atoms with Crippen LogP contribution in [0.1, 0.15) is 57.3 Å². The molecule has 2 aromatic heterocycles. The van der Waals surface area contributed by atoms with E-state index in [1.54, 1.807) is 23.1 Å². The van der Waals surface area contributed by atoms with Gasteiger partial charge in [0.05, 0.1) is 36.7 Å². The van der Waals surface area contributed by atoms with Crippen LogP contribution in [-0.4, -0.2) is 69.7 Å². The lowest BCUT2D eigenvalue weighted by Crippen LogP contribution is -2.52. The predicted octanol–water partition coefficient (Wildman–Crippen LogP) is 5.28. The Balaban J connectivity index is 1.36. The van der Waals surface area contributed by atoms with Gasteiger partial charge in [0.1, 0.15) is 11.4 Å². The van der Waals surface area contributed by atoms with E-state index in [1.165, 1.54) is 4.90 Å². The van der Waals surface area contributed by atoms with Crippen molar-refractivity contribution in [2.24, 2.45) is 0 Å². The maximum atomic E-state index is 13.6. The number of likely N-dealkylation sites (tertiary alicyclic amines) is 1. The molecule has 5 rings (SSSR count). The van der Waals surface area contributed by atoms with Gasteiger partial charge in [-0.15, -0.1) is 0 Å². The summed E-state index contributed by atoms with van der Waals surface area (Å²) in [6.45, 7) is 9.30. The number of benzene rings is 1. The Kier molecular flexibility index (Phi) is 7.44. The molecule has 10 nitrogen and oxygen atoms in total. The zero-order valence-corrected chi connectivity index (χ0v) is 23.8. The van der Waals surface area contributed by atoms with Crippen molar-refractivity contribution in [3.63, 3.8) is 0 Å². The number of pyridine rings is 1. The lowest BCUT2D eigenvalue weighted by Gasteiger charge is -2.35. The smallest absolute Gasteiger partial charge is 0.410 e. The zero-order chi connectivity index (χ0) is 28.6. The Morgan fingerprint density at radius 2 is 1.75 bits per heavy atom. The second-order valence-electron chi connectivity index (χ2n) is 11.4. The highest BCUT2D eigenvalue weighted by Gasteiger charge is 2.35. The number of hydrogen-bond donors (Lipinski definition) is 0.